The van der Waals surface area contributed by atoms with Crippen molar-refractivity contribution in [1.29, 1.82) is 0 Å². The molecular weight excluding hydrogens is 392 g/mol. The monoisotopic (exact) mass is 406 g/mol. The Morgan fingerprint density at radius 2 is 1.64 bits per heavy atom. The molecule has 2 aromatic carbocycles. The second-order valence-corrected chi connectivity index (χ2v) is 6.38. The first-order valence-electron chi connectivity index (χ1n) is 8.22. The fourth-order valence-corrected chi connectivity index (χ4v) is 3.09. The van der Waals surface area contributed by atoms with Crippen LogP contribution in [0, 0.1) is 20.2 Å². The van der Waals surface area contributed by atoms with Crippen LogP contribution in [-0.2, 0) is 4.74 Å². The maximum absolute atomic E-state index is 12.4. The number of rotatable bonds is 5. The van der Waals surface area contributed by atoms with Gasteiger partial charge in [-0.25, -0.2) is 0 Å². The Morgan fingerprint density at radius 1 is 1.04 bits per heavy atom. The van der Waals surface area contributed by atoms with E-state index in [1.807, 2.05) is 0 Å². The van der Waals surface area contributed by atoms with E-state index in [-0.39, 0.29) is 5.56 Å². The standard InChI is InChI=1S/C17H15ClN4O6/c18-15-9-12(1-2-16(15)20-3-5-28-6-4-20)19-17(23)11-7-13(21(24)25)10-14(8-11)22(26)27/h1-2,7-10H,3-6H2,(H,19,23). The number of anilines is 2. The Bertz CT molecular complexity index is 913. The minimum Gasteiger partial charge on any atom is -0.378 e. The van der Waals surface area contributed by atoms with Gasteiger partial charge < -0.3 is 15.0 Å². The SMILES string of the molecule is O=C(Nc1ccc(N2CCOCC2)c(Cl)c1)c1cc([N+](=O)[O-])cc([N+](=O)[O-])c1. The van der Waals surface area contributed by atoms with Crippen molar-refractivity contribution in [2.24, 2.45) is 0 Å². The normalized spacial score (nSPS) is 13.8. The lowest BCUT2D eigenvalue weighted by molar-refractivity contribution is -0.394. The predicted octanol–water partition coefficient (Wildman–Crippen LogP) is 3.25. The molecule has 0 saturated carbocycles. The van der Waals surface area contributed by atoms with Crippen molar-refractivity contribution >= 4 is 40.3 Å². The number of carbonyl (C=O) groups excluding carboxylic acids is 1. The van der Waals surface area contributed by atoms with Crippen LogP contribution in [0.25, 0.3) is 0 Å². The maximum Gasteiger partial charge on any atom is 0.277 e. The van der Waals surface area contributed by atoms with Gasteiger partial charge in [0.2, 0.25) is 0 Å². The quantitative estimate of drug-likeness (QED) is 0.596. The van der Waals surface area contributed by atoms with Gasteiger partial charge in [-0.1, -0.05) is 11.6 Å². The van der Waals surface area contributed by atoms with E-state index in [0.29, 0.717) is 37.0 Å². The van der Waals surface area contributed by atoms with E-state index in [1.165, 1.54) is 0 Å². The molecule has 2 aromatic rings. The number of nitrogens with one attached hydrogen (secondary N) is 1. The van der Waals surface area contributed by atoms with Gasteiger partial charge in [0.05, 0.1) is 45.4 Å². The molecular formula is C17H15ClN4O6. The van der Waals surface area contributed by atoms with Gasteiger partial charge in [0.15, 0.2) is 0 Å². The summed E-state index contributed by atoms with van der Waals surface area (Å²) in [7, 11) is 0. The molecule has 0 aliphatic carbocycles. The zero-order valence-corrected chi connectivity index (χ0v) is 15.2. The number of amides is 1. The summed E-state index contributed by atoms with van der Waals surface area (Å²) in [6, 6.07) is 7.69. The van der Waals surface area contributed by atoms with Gasteiger partial charge >= 0.3 is 0 Å². The first-order valence-corrected chi connectivity index (χ1v) is 8.60. The average Bonchev–Trinajstić information content (AvgIpc) is 2.68. The van der Waals surface area contributed by atoms with Crippen LogP contribution in [-0.4, -0.2) is 42.1 Å². The minimum atomic E-state index is -0.794. The number of non-ortho nitro benzene ring substituents is 2. The van der Waals surface area contributed by atoms with Crippen LogP contribution in [0.3, 0.4) is 0 Å². The van der Waals surface area contributed by atoms with Crippen LogP contribution in [0.2, 0.25) is 5.02 Å². The van der Waals surface area contributed by atoms with Gasteiger partial charge in [0, 0.05) is 30.9 Å². The van der Waals surface area contributed by atoms with Gasteiger partial charge in [0.1, 0.15) is 0 Å². The number of benzene rings is 2. The molecule has 0 radical (unpaired) electrons. The molecule has 1 aliphatic rings. The third kappa shape index (κ3) is 4.35. The van der Waals surface area contributed by atoms with Crippen molar-refractivity contribution in [2.45, 2.75) is 0 Å². The Kier molecular flexibility index (Phi) is 5.71. The largest absolute Gasteiger partial charge is 0.378 e. The second kappa shape index (κ2) is 8.19. The number of nitro benzene ring substituents is 2. The molecule has 1 fully saturated rings. The molecule has 0 spiro atoms. The van der Waals surface area contributed by atoms with E-state index in [0.717, 1.165) is 23.9 Å². The van der Waals surface area contributed by atoms with E-state index >= 15 is 0 Å². The molecule has 10 nitrogen and oxygen atoms in total. The number of carbonyl (C=O) groups is 1. The fraction of sp³-hybridized carbons (Fsp3) is 0.235. The first kappa shape index (κ1) is 19.5. The molecule has 1 heterocycles. The topological polar surface area (TPSA) is 128 Å². The third-order valence-corrected chi connectivity index (χ3v) is 4.45. The van der Waals surface area contributed by atoms with Crippen molar-refractivity contribution in [3.63, 3.8) is 0 Å². The zero-order chi connectivity index (χ0) is 20.3. The van der Waals surface area contributed by atoms with Gasteiger partial charge in [0.25, 0.3) is 17.3 Å². The summed E-state index contributed by atoms with van der Waals surface area (Å²) in [6.45, 7) is 2.59. The summed E-state index contributed by atoms with van der Waals surface area (Å²) in [5.74, 6) is -0.720. The summed E-state index contributed by atoms with van der Waals surface area (Å²) in [4.78, 5) is 34.8. The van der Waals surface area contributed by atoms with Crippen LogP contribution in [0.1, 0.15) is 10.4 Å². The molecule has 146 valence electrons. The molecule has 3 rings (SSSR count). The minimum absolute atomic E-state index is 0.200. The number of hydrogen-bond donors (Lipinski definition) is 1. The molecule has 0 unspecified atom stereocenters. The molecule has 1 saturated heterocycles. The number of nitrogens with zero attached hydrogens (tertiary/aromatic N) is 3. The Hall–Kier alpha value is -3.24. The highest BCUT2D eigenvalue weighted by atomic mass is 35.5. The molecule has 1 amide bonds. The van der Waals surface area contributed by atoms with E-state index in [2.05, 4.69) is 10.2 Å². The Labute approximate surface area is 164 Å². The molecule has 0 aromatic heterocycles. The highest BCUT2D eigenvalue weighted by Gasteiger charge is 2.20. The Balaban J connectivity index is 1.82. The molecule has 0 bridgehead atoms. The number of nitro groups is 2. The van der Waals surface area contributed by atoms with Crippen LogP contribution in [0.5, 0.6) is 0 Å². The average molecular weight is 407 g/mol. The van der Waals surface area contributed by atoms with E-state index in [1.54, 1.807) is 18.2 Å². The maximum atomic E-state index is 12.4. The third-order valence-electron chi connectivity index (χ3n) is 4.14. The molecule has 28 heavy (non-hydrogen) atoms. The molecule has 1 N–H and O–H groups in total. The van der Waals surface area contributed by atoms with Crippen molar-refractivity contribution in [3.8, 4) is 0 Å². The lowest BCUT2D eigenvalue weighted by Crippen LogP contribution is -2.36. The molecule has 11 heteroatoms. The van der Waals surface area contributed by atoms with Crippen LogP contribution in [0.4, 0.5) is 22.7 Å². The van der Waals surface area contributed by atoms with E-state index in [9.17, 15) is 25.0 Å². The predicted molar refractivity (Wildman–Crippen MR) is 102 cm³/mol. The summed E-state index contributed by atoms with van der Waals surface area (Å²) < 4.78 is 5.30. The van der Waals surface area contributed by atoms with Gasteiger partial charge in [-0.15, -0.1) is 0 Å². The molecule has 0 atom stereocenters. The highest BCUT2D eigenvalue weighted by Crippen LogP contribution is 2.30. The number of ether oxygens (including phenoxy) is 1. The van der Waals surface area contributed by atoms with Gasteiger partial charge in [-0.2, -0.15) is 0 Å². The Morgan fingerprint density at radius 3 is 2.18 bits per heavy atom. The zero-order valence-electron chi connectivity index (χ0n) is 14.5. The molecule has 1 aliphatic heterocycles. The fourth-order valence-electron chi connectivity index (χ4n) is 2.79. The van der Waals surface area contributed by atoms with E-state index in [4.69, 9.17) is 16.3 Å². The van der Waals surface area contributed by atoms with Crippen molar-refractivity contribution in [3.05, 3.63) is 67.2 Å². The summed E-state index contributed by atoms with van der Waals surface area (Å²) >= 11 is 6.31. The summed E-state index contributed by atoms with van der Waals surface area (Å²) in [6.07, 6.45) is 0. The van der Waals surface area contributed by atoms with Crippen molar-refractivity contribution in [2.75, 3.05) is 36.5 Å². The van der Waals surface area contributed by atoms with Crippen LogP contribution in [0.15, 0.2) is 36.4 Å². The van der Waals surface area contributed by atoms with Crippen molar-refractivity contribution < 1.29 is 19.4 Å². The number of morpholine rings is 1. The smallest absolute Gasteiger partial charge is 0.277 e. The second-order valence-electron chi connectivity index (χ2n) is 5.97. The lowest BCUT2D eigenvalue weighted by Gasteiger charge is -2.29. The first-order chi connectivity index (χ1) is 13.3. The summed E-state index contributed by atoms with van der Waals surface area (Å²) in [5.41, 5.74) is -0.121. The number of hydrogen-bond acceptors (Lipinski definition) is 7. The highest BCUT2D eigenvalue weighted by molar-refractivity contribution is 6.33. The van der Waals surface area contributed by atoms with Crippen LogP contribution < -0.4 is 10.2 Å². The van der Waals surface area contributed by atoms with Gasteiger partial charge in [-0.05, 0) is 18.2 Å². The van der Waals surface area contributed by atoms with Gasteiger partial charge in [-0.3, -0.25) is 25.0 Å². The lowest BCUT2D eigenvalue weighted by atomic mass is 10.1. The van der Waals surface area contributed by atoms with Crippen molar-refractivity contribution in [1.82, 2.24) is 0 Å². The van der Waals surface area contributed by atoms with Crippen LogP contribution >= 0.6 is 11.6 Å². The van der Waals surface area contributed by atoms with E-state index < -0.39 is 27.1 Å². The number of halogens is 1. The summed E-state index contributed by atoms with van der Waals surface area (Å²) in [5, 5.41) is 24.9.